The molecule has 318 valence electrons. The summed E-state index contributed by atoms with van der Waals surface area (Å²) in [4.78, 5) is 60.4. The molecule has 1 aliphatic carbocycles. The first-order valence-electron chi connectivity index (χ1n) is 20.1. The van der Waals surface area contributed by atoms with Gasteiger partial charge in [0.1, 0.15) is 35.4 Å². The zero-order valence-corrected chi connectivity index (χ0v) is 33.4. The van der Waals surface area contributed by atoms with Crippen LogP contribution in [0, 0.1) is 5.41 Å². The van der Waals surface area contributed by atoms with Gasteiger partial charge < -0.3 is 34.1 Å². The first kappa shape index (κ1) is 44.5. The Bertz CT molecular complexity index is 1600. The van der Waals surface area contributed by atoms with Crippen molar-refractivity contribution in [1.82, 2.24) is 10.4 Å². The Morgan fingerprint density at radius 2 is 1.70 bits per heavy atom. The van der Waals surface area contributed by atoms with Crippen molar-refractivity contribution in [3.8, 4) is 0 Å². The van der Waals surface area contributed by atoms with Crippen molar-refractivity contribution in [3.05, 3.63) is 41.5 Å². The second-order valence-electron chi connectivity index (χ2n) is 16.4. The molecule has 1 aromatic carbocycles. The van der Waals surface area contributed by atoms with Crippen LogP contribution >= 0.6 is 0 Å². The van der Waals surface area contributed by atoms with Crippen molar-refractivity contribution in [2.75, 3.05) is 13.2 Å². The molecule has 4 aliphatic rings. The maximum Gasteiger partial charge on any atom is 0.422 e. The molecule has 2 bridgehead atoms. The van der Waals surface area contributed by atoms with E-state index in [-0.39, 0.29) is 25.8 Å². The fourth-order valence-electron chi connectivity index (χ4n) is 8.28. The molecule has 57 heavy (non-hydrogen) atoms. The van der Waals surface area contributed by atoms with E-state index < -0.39 is 96.5 Å². The normalized spacial score (nSPS) is 27.2. The average Bonchev–Trinajstić information content (AvgIpc) is 3.69. The topological polar surface area (TPSA) is 159 Å². The summed E-state index contributed by atoms with van der Waals surface area (Å²) in [6.07, 6.45) is 0.790. The van der Waals surface area contributed by atoms with E-state index in [4.69, 9.17) is 23.8 Å². The fraction of sp³-hybridized carbons (Fsp3) is 0.707. The minimum atomic E-state index is -4.69. The molecule has 0 spiro atoms. The van der Waals surface area contributed by atoms with Crippen LogP contribution < -0.4 is 5.32 Å². The Balaban J connectivity index is 1.47. The third kappa shape index (κ3) is 10.7. The number of hydroxylamine groups is 2. The molecule has 1 aromatic rings. The zero-order chi connectivity index (χ0) is 41.6. The maximum absolute atomic E-state index is 14.8. The summed E-state index contributed by atoms with van der Waals surface area (Å²) in [5, 5.41) is 14.6. The van der Waals surface area contributed by atoms with Gasteiger partial charge in [-0.1, -0.05) is 63.8 Å². The Labute approximate surface area is 331 Å². The third-order valence-electron chi connectivity index (χ3n) is 10.8. The molecule has 3 saturated heterocycles. The van der Waals surface area contributed by atoms with E-state index in [1.165, 1.54) is 11.1 Å². The summed E-state index contributed by atoms with van der Waals surface area (Å²) < 4.78 is 67.4. The Kier molecular flexibility index (Phi) is 14.5. The van der Waals surface area contributed by atoms with Crippen molar-refractivity contribution in [3.63, 3.8) is 0 Å². The number of rotatable bonds is 19. The van der Waals surface area contributed by atoms with Crippen molar-refractivity contribution in [2.24, 2.45) is 5.41 Å². The lowest BCUT2D eigenvalue weighted by molar-refractivity contribution is -0.224. The molecule has 0 unspecified atom stereocenters. The molecule has 13 nitrogen and oxygen atoms in total. The highest BCUT2D eigenvalue weighted by Crippen LogP contribution is 2.58. The number of aliphatic hydroxyl groups excluding tert-OH is 1. The van der Waals surface area contributed by atoms with Crippen LogP contribution in [0.4, 0.5) is 13.2 Å². The highest BCUT2D eigenvalue weighted by Gasteiger charge is 2.76. The van der Waals surface area contributed by atoms with Gasteiger partial charge in [0.05, 0.1) is 19.2 Å². The highest BCUT2D eigenvalue weighted by molar-refractivity contribution is 5.94. The van der Waals surface area contributed by atoms with Crippen molar-refractivity contribution < 1.29 is 66.0 Å². The first-order valence-corrected chi connectivity index (χ1v) is 20.1. The molecule has 3 heterocycles. The number of fused-ring (bicyclic) bond motifs is 4. The molecule has 16 heteroatoms. The average molecular weight is 811 g/mol. The largest absolute Gasteiger partial charge is 0.460 e. The van der Waals surface area contributed by atoms with Gasteiger partial charge >= 0.3 is 24.1 Å². The molecule has 5 rings (SSSR count). The third-order valence-corrected chi connectivity index (χ3v) is 10.8. The summed E-state index contributed by atoms with van der Waals surface area (Å²) in [6, 6.07) is 4.53. The number of hydrogen-bond acceptors (Lipinski definition) is 12. The van der Waals surface area contributed by atoms with E-state index in [0.29, 0.717) is 24.0 Å². The van der Waals surface area contributed by atoms with E-state index in [0.717, 1.165) is 44.6 Å². The number of esters is 3. The van der Waals surface area contributed by atoms with Crippen LogP contribution in [0.2, 0.25) is 0 Å². The number of benzene rings is 1. The van der Waals surface area contributed by atoms with E-state index in [9.17, 15) is 37.5 Å². The molecular weight excluding hydrogens is 753 g/mol. The number of halogens is 3. The molecule has 0 aromatic heterocycles. The Hall–Kier alpha value is -3.57. The summed E-state index contributed by atoms with van der Waals surface area (Å²) in [7, 11) is 0. The lowest BCUT2D eigenvalue weighted by atomic mass is 9.62. The van der Waals surface area contributed by atoms with Gasteiger partial charge in [0.2, 0.25) is 5.91 Å². The van der Waals surface area contributed by atoms with E-state index in [2.05, 4.69) is 23.9 Å². The number of nitrogens with one attached hydrogen (secondary N) is 1. The fourth-order valence-corrected chi connectivity index (χ4v) is 8.28. The van der Waals surface area contributed by atoms with Gasteiger partial charge in [0, 0.05) is 31.8 Å². The SMILES string of the molecule is CCCCCC1(CCCCC)O[C@@H]2[C@H](O1)[C@H]1ON(Cc3ccccc3C=CC(=O)OCC(F)(F)F)[C@@H]3C(=O)O[C@@H]2C[C@]13C(=O)N[C@H](CO)CCC(=O)OC(C)(C)C. The van der Waals surface area contributed by atoms with Crippen LogP contribution in [-0.4, -0.2) is 101 Å². The second-order valence-corrected chi connectivity index (χ2v) is 16.4. The van der Waals surface area contributed by atoms with E-state index in [1.54, 1.807) is 45.0 Å². The van der Waals surface area contributed by atoms with Crippen molar-refractivity contribution in [2.45, 2.75) is 166 Å². The first-order chi connectivity index (χ1) is 26.9. The number of ether oxygens (including phenoxy) is 5. The van der Waals surface area contributed by atoms with Gasteiger partial charge in [0.25, 0.3) is 0 Å². The quantitative estimate of drug-likeness (QED) is 0.0745. The van der Waals surface area contributed by atoms with Gasteiger partial charge in [-0.05, 0) is 57.2 Å². The smallest absolute Gasteiger partial charge is 0.422 e. The van der Waals surface area contributed by atoms with E-state index in [1.807, 2.05) is 0 Å². The number of aliphatic hydroxyl groups is 1. The Morgan fingerprint density at radius 3 is 2.33 bits per heavy atom. The standard InChI is InChI=1S/C41H57F3N2O11/c1-6-8-12-20-39(21-13-9-7-2)55-32-29-22-40(37(51)45-28(24-47)17-19-31(49)54-38(3,4)5)34(36(50)53-29)46(57-35(40)33(32)56-39)23-27-15-11-10-14-26(27)16-18-30(48)52-25-41(42,43)44/h10-11,14-16,18,28-29,32-35,47H,6-9,12-13,17,19-25H2,1-5H3,(H,45,51)/t28-,29+,32-,33-,34+,35+,40+/m0/s1. The number of carbonyl (C=O) groups is 4. The second kappa shape index (κ2) is 18.6. The summed E-state index contributed by atoms with van der Waals surface area (Å²) in [6.45, 7) is 7.10. The van der Waals surface area contributed by atoms with Gasteiger partial charge in [0.15, 0.2) is 18.4 Å². The lowest BCUT2D eigenvalue weighted by Crippen LogP contribution is -2.70. The lowest BCUT2D eigenvalue weighted by Gasteiger charge is -2.49. The Morgan fingerprint density at radius 1 is 1.04 bits per heavy atom. The maximum atomic E-state index is 14.8. The minimum Gasteiger partial charge on any atom is -0.460 e. The van der Waals surface area contributed by atoms with Crippen LogP contribution in [-0.2, 0) is 54.2 Å². The number of carbonyl (C=O) groups excluding carboxylic acids is 4. The molecule has 4 fully saturated rings. The predicted molar refractivity (Wildman–Crippen MR) is 198 cm³/mol. The number of amides is 1. The number of alkyl halides is 3. The molecule has 2 N–H and O–H groups in total. The molecule has 3 aliphatic heterocycles. The monoisotopic (exact) mass is 810 g/mol. The molecule has 7 atom stereocenters. The van der Waals surface area contributed by atoms with Gasteiger partial charge in [-0.2, -0.15) is 18.2 Å². The van der Waals surface area contributed by atoms with Crippen LogP contribution in [0.25, 0.3) is 6.08 Å². The van der Waals surface area contributed by atoms with Gasteiger partial charge in [-0.25, -0.2) is 4.79 Å². The van der Waals surface area contributed by atoms with Gasteiger partial charge in [-0.3, -0.25) is 19.2 Å². The van der Waals surface area contributed by atoms with E-state index >= 15 is 0 Å². The van der Waals surface area contributed by atoms with Crippen LogP contribution in [0.15, 0.2) is 30.3 Å². The highest BCUT2D eigenvalue weighted by atomic mass is 19.4. The molecule has 0 radical (unpaired) electrons. The summed E-state index contributed by atoms with van der Waals surface area (Å²) >= 11 is 0. The van der Waals surface area contributed by atoms with Crippen LogP contribution in [0.5, 0.6) is 0 Å². The van der Waals surface area contributed by atoms with Gasteiger partial charge in [-0.15, -0.1) is 0 Å². The predicted octanol–water partition coefficient (Wildman–Crippen LogP) is 5.85. The summed E-state index contributed by atoms with van der Waals surface area (Å²) in [5.74, 6) is -3.99. The number of hydrogen-bond donors (Lipinski definition) is 2. The zero-order valence-electron chi connectivity index (χ0n) is 33.4. The number of nitrogens with zero attached hydrogens (tertiary/aromatic N) is 1. The number of unbranched alkanes of at least 4 members (excludes halogenated alkanes) is 4. The summed E-state index contributed by atoms with van der Waals surface area (Å²) in [5.41, 5.74) is -1.37. The molecular formula is C41H57F3N2O11. The van der Waals surface area contributed by atoms with Crippen LogP contribution in [0.3, 0.4) is 0 Å². The van der Waals surface area contributed by atoms with Crippen molar-refractivity contribution in [1.29, 1.82) is 0 Å². The van der Waals surface area contributed by atoms with Crippen LogP contribution in [0.1, 0.15) is 116 Å². The minimum absolute atomic E-state index is 0.0255. The molecule has 1 saturated carbocycles. The molecule has 1 amide bonds. The van der Waals surface area contributed by atoms with Crippen molar-refractivity contribution >= 4 is 29.9 Å².